The third-order valence-corrected chi connectivity index (χ3v) is 11.1. The zero-order chi connectivity index (χ0) is 33.5. The Kier molecular flexibility index (Phi) is 12.2. The molecule has 4 nitrogen and oxygen atoms in total. The second-order valence-corrected chi connectivity index (χ2v) is 18.9. The molecule has 1 fully saturated rings. The first-order valence-corrected chi connectivity index (χ1v) is 20.6. The van der Waals surface area contributed by atoms with Crippen LogP contribution >= 0.6 is 0 Å². The van der Waals surface area contributed by atoms with Gasteiger partial charge in [0.25, 0.3) is 0 Å². The largest absolute Gasteiger partial charge is 0.349 e. The van der Waals surface area contributed by atoms with E-state index in [1.165, 1.54) is 42.4 Å². The topological polar surface area (TPSA) is 51.6 Å². The second-order valence-electron chi connectivity index (χ2n) is 13.9. The quantitative estimate of drug-likeness (QED) is 0.119. The van der Waals surface area contributed by atoms with Gasteiger partial charge in [0.05, 0.1) is 8.07 Å². The molecule has 1 aliphatic carbocycles. The molecule has 0 saturated heterocycles. The third-order valence-electron chi connectivity index (χ3n) is 9.05. The Morgan fingerprint density at radius 3 is 2.00 bits per heavy atom. The molecule has 3 aromatic heterocycles. The van der Waals surface area contributed by atoms with Crippen molar-refractivity contribution in [2.75, 3.05) is 0 Å². The molecule has 0 unspecified atom stereocenters. The summed E-state index contributed by atoms with van der Waals surface area (Å²) < 4.78 is 0. The number of nitrogens with zero attached hydrogens (tertiary/aromatic N) is 4. The van der Waals surface area contributed by atoms with Crippen molar-refractivity contribution in [3.8, 4) is 45.2 Å². The minimum atomic E-state index is -1.34. The van der Waals surface area contributed by atoms with E-state index in [4.69, 9.17) is 9.97 Å². The van der Waals surface area contributed by atoms with Gasteiger partial charge < -0.3 is 9.97 Å². The van der Waals surface area contributed by atoms with Crippen molar-refractivity contribution in [3.05, 3.63) is 139 Å². The van der Waals surface area contributed by atoms with Crippen LogP contribution in [0.15, 0.2) is 116 Å². The SMILES string of the molecule is CC(C)c1cnc(-c2[c-]cnc(-c3ccccc3)n2)cc1-c1ccccc1.C[Si](C)(C)c1cnc(-c2[c-]cccc2)cc1C1CCCC1.[Ir]. The van der Waals surface area contributed by atoms with Crippen LogP contribution in [-0.4, -0.2) is 28.0 Å². The summed E-state index contributed by atoms with van der Waals surface area (Å²) in [7, 11) is -1.34. The van der Waals surface area contributed by atoms with E-state index in [0.717, 1.165) is 28.4 Å². The van der Waals surface area contributed by atoms with Gasteiger partial charge in [-0.05, 0) is 52.2 Å². The monoisotopic (exact) mass is 837 g/mol. The normalized spacial score (nSPS) is 13.0. The van der Waals surface area contributed by atoms with Gasteiger partial charge in [-0.3, -0.25) is 9.97 Å². The molecule has 0 aliphatic heterocycles. The molecule has 6 aromatic rings. The minimum absolute atomic E-state index is 0. The fourth-order valence-corrected chi connectivity index (χ4v) is 8.07. The number of pyridine rings is 2. The van der Waals surface area contributed by atoms with E-state index in [-0.39, 0.29) is 20.1 Å². The molecular formula is C43H44IrN4Si-2. The Balaban J connectivity index is 0.000000193. The van der Waals surface area contributed by atoms with Gasteiger partial charge in [-0.1, -0.05) is 136 Å². The molecular weight excluding hydrogens is 793 g/mol. The number of aromatic nitrogens is 4. The fourth-order valence-electron chi connectivity index (χ4n) is 6.47. The predicted molar refractivity (Wildman–Crippen MR) is 202 cm³/mol. The second kappa shape index (κ2) is 16.5. The van der Waals surface area contributed by atoms with Gasteiger partial charge in [0.15, 0.2) is 5.82 Å². The van der Waals surface area contributed by atoms with Crippen LogP contribution in [0, 0.1) is 12.1 Å². The molecule has 7 rings (SSSR count). The summed E-state index contributed by atoms with van der Waals surface area (Å²) in [6.07, 6.45) is 11.2. The van der Waals surface area contributed by atoms with Crippen molar-refractivity contribution in [1.29, 1.82) is 0 Å². The summed E-state index contributed by atoms with van der Waals surface area (Å²) in [6, 6.07) is 39.4. The Hall–Kier alpha value is -4.09. The molecule has 1 aliphatic rings. The average molecular weight is 837 g/mol. The van der Waals surface area contributed by atoms with E-state index in [2.05, 4.69) is 110 Å². The number of rotatable bonds is 7. The Morgan fingerprint density at radius 2 is 1.37 bits per heavy atom. The van der Waals surface area contributed by atoms with Crippen LogP contribution in [-0.2, 0) is 20.1 Å². The van der Waals surface area contributed by atoms with Gasteiger partial charge >= 0.3 is 0 Å². The average Bonchev–Trinajstić information content (AvgIpc) is 3.68. The smallest absolute Gasteiger partial charge is 0.155 e. The molecule has 6 heteroatoms. The van der Waals surface area contributed by atoms with Crippen LogP contribution in [0.25, 0.3) is 45.2 Å². The molecule has 1 saturated carbocycles. The van der Waals surface area contributed by atoms with Crippen molar-refractivity contribution in [3.63, 3.8) is 0 Å². The number of hydrogen-bond acceptors (Lipinski definition) is 4. The Labute approximate surface area is 306 Å². The van der Waals surface area contributed by atoms with E-state index >= 15 is 0 Å². The standard InChI is InChI=1S/C24H20N3.C19H24NSi.Ir/c1-17(2)21-16-26-23(15-20(21)18-9-5-3-6-10-18)22-13-14-25-24(27-22)19-11-7-4-8-12-19;1-21(2,3)19-14-20-18(16-11-5-4-6-12-16)13-17(19)15-9-7-8-10-15;/h3-12,14-17H,1-2H3;4-6,11,13-15H,7-10H2,1-3H3;/q2*-1;. The summed E-state index contributed by atoms with van der Waals surface area (Å²) >= 11 is 0. The minimum Gasteiger partial charge on any atom is -0.349 e. The van der Waals surface area contributed by atoms with Gasteiger partial charge in [0.2, 0.25) is 0 Å². The summed E-state index contributed by atoms with van der Waals surface area (Å²) in [5, 5.41) is 1.55. The van der Waals surface area contributed by atoms with Crippen molar-refractivity contribution in [2.45, 2.75) is 71.0 Å². The van der Waals surface area contributed by atoms with E-state index in [1.807, 2.05) is 54.7 Å². The molecule has 1 radical (unpaired) electrons. The van der Waals surface area contributed by atoms with Crippen LogP contribution in [0.3, 0.4) is 0 Å². The van der Waals surface area contributed by atoms with Crippen LogP contribution in [0.2, 0.25) is 19.6 Å². The van der Waals surface area contributed by atoms with Gasteiger partial charge in [-0.25, -0.2) is 6.07 Å². The number of hydrogen-bond donors (Lipinski definition) is 0. The molecule has 0 N–H and O–H groups in total. The Bertz CT molecular complexity index is 1930. The summed E-state index contributed by atoms with van der Waals surface area (Å²) in [4.78, 5) is 18.5. The predicted octanol–water partition coefficient (Wildman–Crippen LogP) is 10.5. The van der Waals surface area contributed by atoms with Crippen molar-refractivity contribution >= 4 is 13.3 Å². The van der Waals surface area contributed by atoms with Gasteiger partial charge in [0, 0.05) is 38.1 Å². The molecule has 0 bridgehead atoms. The molecule has 49 heavy (non-hydrogen) atoms. The van der Waals surface area contributed by atoms with Gasteiger partial charge in [-0.2, -0.15) is 0 Å². The maximum absolute atomic E-state index is 4.75. The molecule has 0 atom stereocenters. The first-order valence-electron chi connectivity index (χ1n) is 17.1. The number of benzene rings is 3. The maximum Gasteiger partial charge on any atom is 0.155 e. The summed E-state index contributed by atoms with van der Waals surface area (Å²) in [5.74, 6) is 1.81. The summed E-state index contributed by atoms with van der Waals surface area (Å²) in [6.45, 7) is 11.7. The van der Waals surface area contributed by atoms with Crippen molar-refractivity contribution in [2.24, 2.45) is 0 Å². The van der Waals surface area contributed by atoms with E-state index in [9.17, 15) is 0 Å². The van der Waals surface area contributed by atoms with Crippen LogP contribution < -0.4 is 5.19 Å². The zero-order valence-corrected chi connectivity index (χ0v) is 32.5. The van der Waals surface area contributed by atoms with E-state index in [1.54, 1.807) is 16.9 Å². The first kappa shape index (κ1) is 36.2. The van der Waals surface area contributed by atoms with Crippen molar-refractivity contribution < 1.29 is 20.1 Å². The van der Waals surface area contributed by atoms with Crippen molar-refractivity contribution in [1.82, 2.24) is 19.9 Å². The molecule has 0 spiro atoms. The summed E-state index contributed by atoms with van der Waals surface area (Å²) in [5.41, 5.74) is 9.85. The Morgan fingerprint density at radius 1 is 0.714 bits per heavy atom. The van der Waals surface area contributed by atoms with Crippen LogP contribution in [0.5, 0.6) is 0 Å². The molecule has 0 amide bonds. The van der Waals surface area contributed by atoms with Crippen LogP contribution in [0.4, 0.5) is 0 Å². The van der Waals surface area contributed by atoms with E-state index < -0.39 is 8.07 Å². The zero-order valence-electron chi connectivity index (χ0n) is 29.1. The van der Waals surface area contributed by atoms with Gasteiger partial charge in [-0.15, -0.1) is 42.0 Å². The third kappa shape index (κ3) is 8.93. The van der Waals surface area contributed by atoms with Gasteiger partial charge in [0.1, 0.15) is 0 Å². The maximum atomic E-state index is 4.75. The van der Waals surface area contributed by atoms with E-state index in [0.29, 0.717) is 17.4 Å². The van der Waals surface area contributed by atoms with Crippen LogP contribution in [0.1, 0.15) is 62.5 Å². The molecule has 3 heterocycles. The first-order chi connectivity index (χ1) is 23.3. The molecule has 251 valence electrons. The molecule has 3 aromatic carbocycles. The fraction of sp³-hybridized carbons (Fsp3) is 0.256.